The van der Waals surface area contributed by atoms with Crippen molar-refractivity contribution in [1.29, 1.82) is 0 Å². The Morgan fingerprint density at radius 1 is 0.778 bits per heavy atom. The molecule has 3 aromatic carbocycles. The first-order chi connectivity index (χ1) is 13.2. The molecule has 5 heteroatoms. The molecular weight excluding hydrogens is 340 g/mol. The van der Waals surface area contributed by atoms with E-state index >= 15 is 0 Å². The molecule has 0 fully saturated rings. The number of alkyl carbamates (subject to hydrolysis) is 1. The smallest absolute Gasteiger partial charge is 0.408 e. The van der Waals surface area contributed by atoms with Gasteiger partial charge in [0.25, 0.3) is 5.91 Å². The van der Waals surface area contributed by atoms with Crippen LogP contribution in [0.4, 0.5) is 10.5 Å². The van der Waals surface area contributed by atoms with E-state index in [4.69, 9.17) is 4.74 Å². The van der Waals surface area contributed by atoms with Crippen LogP contribution in [0.15, 0.2) is 91.0 Å². The van der Waals surface area contributed by atoms with Gasteiger partial charge in [0.05, 0.1) is 0 Å². The van der Waals surface area contributed by atoms with Crippen LogP contribution in [0.1, 0.15) is 17.2 Å². The SMILES string of the molecule is O=C(NC(C(=O)Nc1ccccc1)c1ccccc1)OCc1ccccc1. The number of nitrogens with one attached hydrogen (secondary N) is 2. The number of anilines is 1. The van der Waals surface area contributed by atoms with Crippen LogP contribution in [-0.4, -0.2) is 12.0 Å². The number of ether oxygens (including phenoxy) is 1. The summed E-state index contributed by atoms with van der Waals surface area (Å²) in [7, 11) is 0. The molecule has 0 spiro atoms. The summed E-state index contributed by atoms with van der Waals surface area (Å²) >= 11 is 0. The maximum Gasteiger partial charge on any atom is 0.408 e. The van der Waals surface area contributed by atoms with Gasteiger partial charge in [0.1, 0.15) is 12.6 Å². The lowest BCUT2D eigenvalue weighted by Crippen LogP contribution is -2.37. The monoisotopic (exact) mass is 360 g/mol. The highest BCUT2D eigenvalue weighted by Gasteiger charge is 2.23. The van der Waals surface area contributed by atoms with Gasteiger partial charge in [0.2, 0.25) is 0 Å². The number of para-hydroxylation sites is 1. The Morgan fingerprint density at radius 2 is 1.33 bits per heavy atom. The fourth-order valence-electron chi connectivity index (χ4n) is 2.56. The standard InChI is InChI=1S/C22H20N2O3/c25-21(23-19-14-8-3-9-15-19)20(18-12-6-2-7-13-18)24-22(26)27-16-17-10-4-1-5-11-17/h1-15,20H,16H2,(H,23,25)(H,24,26). The van der Waals surface area contributed by atoms with E-state index in [1.54, 1.807) is 24.3 Å². The van der Waals surface area contributed by atoms with Crippen molar-refractivity contribution in [3.8, 4) is 0 Å². The Bertz CT molecular complexity index is 868. The fourth-order valence-corrected chi connectivity index (χ4v) is 2.56. The van der Waals surface area contributed by atoms with Gasteiger partial charge in [-0.2, -0.15) is 0 Å². The van der Waals surface area contributed by atoms with Crippen molar-refractivity contribution >= 4 is 17.7 Å². The maximum absolute atomic E-state index is 12.7. The minimum Gasteiger partial charge on any atom is -0.445 e. The van der Waals surface area contributed by atoms with E-state index in [1.165, 1.54) is 0 Å². The second-order valence-electron chi connectivity index (χ2n) is 5.91. The van der Waals surface area contributed by atoms with Crippen LogP contribution in [0.5, 0.6) is 0 Å². The first kappa shape index (κ1) is 18.2. The molecule has 0 saturated carbocycles. The van der Waals surface area contributed by atoms with Crippen molar-refractivity contribution in [2.75, 3.05) is 5.32 Å². The third-order valence-corrected chi connectivity index (χ3v) is 3.91. The van der Waals surface area contributed by atoms with Crippen LogP contribution < -0.4 is 10.6 Å². The molecule has 5 nitrogen and oxygen atoms in total. The number of benzene rings is 3. The number of hydrogen-bond acceptors (Lipinski definition) is 3. The molecule has 0 aromatic heterocycles. The second-order valence-corrected chi connectivity index (χ2v) is 5.91. The molecule has 0 aliphatic carbocycles. The van der Waals surface area contributed by atoms with Gasteiger partial charge in [-0.25, -0.2) is 4.79 Å². The molecule has 3 aromatic rings. The van der Waals surface area contributed by atoms with Gasteiger partial charge in [-0.1, -0.05) is 78.9 Å². The highest BCUT2D eigenvalue weighted by atomic mass is 16.5. The van der Waals surface area contributed by atoms with Crippen LogP contribution in [-0.2, 0) is 16.1 Å². The lowest BCUT2D eigenvalue weighted by molar-refractivity contribution is -0.118. The predicted octanol–water partition coefficient (Wildman–Crippen LogP) is 4.29. The van der Waals surface area contributed by atoms with E-state index in [0.717, 1.165) is 5.56 Å². The van der Waals surface area contributed by atoms with Gasteiger partial charge < -0.3 is 15.4 Å². The third kappa shape index (κ3) is 5.44. The molecule has 1 atom stereocenters. The summed E-state index contributed by atoms with van der Waals surface area (Å²) in [5.41, 5.74) is 2.20. The van der Waals surface area contributed by atoms with E-state index in [-0.39, 0.29) is 12.5 Å². The zero-order valence-electron chi connectivity index (χ0n) is 14.7. The molecule has 27 heavy (non-hydrogen) atoms. The van der Waals surface area contributed by atoms with Gasteiger partial charge >= 0.3 is 6.09 Å². The van der Waals surface area contributed by atoms with Gasteiger partial charge in [-0.15, -0.1) is 0 Å². The zero-order valence-corrected chi connectivity index (χ0v) is 14.7. The molecule has 136 valence electrons. The molecular formula is C22H20N2O3. The Hall–Kier alpha value is -3.60. The van der Waals surface area contributed by atoms with Gasteiger partial charge in [0, 0.05) is 5.69 Å². The quantitative estimate of drug-likeness (QED) is 0.689. The maximum atomic E-state index is 12.7. The molecule has 0 radical (unpaired) electrons. The number of rotatable bonds is 6. The van der Waals surface area contributed by atoms with Crippen molar-refractivity contribution < 1.29 is 14.3 Å². The molecule has 0 aliphatic heterocycles. The summed E-state index contributed by atoms with van der Waals surface area (Å²) in [6.45, 7) is 0.133. The van der Waals surface area contributed by atoms with Crippen molar-refractivity contribution in [1.82, 2.24) is 5.32 Å². The Labute approximate surface area is 158 Å². The number of carbonyl (C=O) groups excluding carboxylic acids is 2. The summed E-state index contributed by atoms with van der Waals surface area (Å²) in [5, 5.41) is 5.46. The molecule has 1 unspecified atom stereocenters. The summed E-state index contributed by atoms with van der Waals surface area (Å²) in [5.74, 6) is -0.343. The topological polar surface area (TPSA) is 67.4 Å². The van der Waals surface area contributed by atoms with Crippen LogP contribution in [0.3, 0.4) is 0 Å². The average Bonchev–Trinajstić information content (AvgIpc) is 2.72. The predicted molar refractivity (Wildman–Crippen MR) is 104 cm³/mol. The van der Waals surface area contributed by atoms with Gasteiger partial charge in [0.15, 0.2) is 0 Å². The Kier molecular flexibility index (Phi) is 6.20. The molecule has 0 aliphatic rings. The minimum absolute atomic E-state index is 0.133. The van der Waals surface area contributed by atoms with E-state index in [0.29, 0.717) is 11.3 Å². The van der Waals surface area contributed by atoms with Crippen LogP contribution in [0.25, 0.3) is 0 Å². The lowest BCUT2D eigenvalue weighted by atomic mass is 10.1. The summed E-state index contributed by atoms with van der Waals surface area (Å²) in [4.78, 5) is 25.0. The molecule has 0 saturated heterocycles. The van der Waals surface area contributed by atoms with E-state index < -0.39 is 12.1 Å². The Balaban J connectivity index is 1.68. The largest absolute Gasteiger partial charge is 0.445 e. The number of amides is 2. The highest BCUT2D eigenvalue weighted by Crippen LogP contribution is 2.16. The van der Waals surface area contributed by atoms with Gasteiger partial charge in [-0.05, 0) is 23.3 Å². The summed E-state index contributed by atoms with van der Waals surface area (Å²) in [6.07, 6.45) is -0.657. The van der Waals surface area contributed by atoms with Crippen LogP contribution >= 0.6 is 0 Å². The first-order valence-corrected chi connectivity index (χ1v) is 8.60. The summed E-state index contributed by atoms with van der Waals surface area (Å²) in [6, 6.07) is 26.6. The second kappa shape index (κ2) is 9.20. The van der Waals surface area contributed by atoms with Crippen LogP contribution in [0.2, 0.25) is 0 Å². The molecule has 3 rings (SSSR count). The van der Waals surface area contributed by atoms with E-state index in [1.807, 2.05) is 66.7 Å². The van der Waals surface area contributed by atoms with Crippen molar-refractivity contribution in [3.63, 3.8) is 0 Å². The normalized spacial score (nSPS) is 11.3. The fraction of sp³-hybridized carbons (Fsp3) is 0.0909. The number of hydrogen-bond donors (Lipinski definition) is 2. The third-order valence-electron chi connectivity index (χ3n) is 3.91. The van der Waals surface area contributed by atoms with Crippen molar-refractivity contribution in [2.24, 2.45) is 0 Å². The Morgan fingerprint density at radius 3 is 1.96 bits per heavy atom. The highest BCUT2D eigenvalue weighted by molar-refractivity contribution is 5.97. The average molecular weight is 360 g/mol. The van der Waals surface area contributed by atoms with Gasteiger partial charge in [-0.3, -0.25) is 4.79 Å². The molecule has 0 heterocycles. The van der Waals surface area contributed by atoms with E-state index in [2.05, 4.69) is 10.6 Å². The van der Waals surface area contributed by atoms with Crippen LogP contribution in [0, 0.1) is 0 Å². The molecule has 2 N–H and O–H groups in total. The number of carbonyl (C=O) groups is 2. The van der Waals surface area contributed by atoms with E-state index in [9.17, 15) is 9.59 Å². The van der Waals surface area contributed by atoms with Crippen molar-refractivity contribution in [2.45, 2.75) is 12.6 Å². The van der Waals surface area contributed by atoms with Crippen molar-refractivity contribution in [3.05, 3.63) is 102 Å². The zero-order chi connectivity index (χ0) is 18.9. The lowest BCUT2D eigenvalue weighted by Gasteiger charge is -2.19. The molecule has 0 bridgehead atoms. The molecule has 2 amide bonds. The summed E-state index contributed by atoms with van der Waals surface area (Å²) < 4.78 is 5.25. The first-order valence-electron chi connectivity index (χ1n) is 8.60. The minimum atomic E-state index is -0.866.